The third-order valence-corrected chi connectivity index (χ3v) is 11.0. The molecule has 3 aromatic carbocycles. The molecule has 0 unspecified atom stereocenters. The number of anilines is 2. The van der Waals surface area contributed by atoms with E-state index in [2.05, 4.69) is 4.90 Å². The Morgan fingerprint density at radius 1 is 1.05 bits per heavy atom. The topological polar surface area (TPSA) is 83.0 Å². The van der Waals surface area contributed by atoms with E-state index in [1.807, 2.05) is 43.3 Å². The molecule has 6 rings (SSSR count). The Bertz CT molecular complexity index is 1690. The highest BCUT2D eigenvalue weighted by molar-refractivity contribution is 7.92. The zero-order valence-corrected chi connectivity index (χ0v) is 26.4. The van der Waals surface area contributed by atoms with Gasteiger partial charge in [0.25, 0.3) is 15.9 Å². The number of carbonyl (C=O) groups is 1. The number of para-hydroxylation sites is 1. The van der Waals surface area contributed by atoms with E-state index in [1.54, 1.807) is 17.0 Å². The lowest BCUT2D eigenvalue weighted by Gasteiger charge is -2.27. The lowest BCUT2D eigenvalue weighted by molar-refractivity contribution is 0.0376. The predicted molar refractivity (Wildman–Crippen MR) is 171 cm³/mol. The molecule has 222 valence electrons. The number of halogens is 2. The maximum absolute atomic E-state index is 13.9. The molecular formula is C30H32Cl2N4O4S2. The molecule has 1 saturated heterocycles. The van der Waals surface area contributed by atoms with Gasteiger partial charge >= 0.3 is 0 Å². The average Bonchev–Trinajstić information content (AvgIpc) is 3.63. The summed E-state index contributed by atoms with van der Waals surface area (Å²) in [6, 6.07) is 17.6. The van der Waals surface area contributed by atoms with Crippen LogP contribution in [0, 0.1) is 6.92 Å². The van der Waals surface area contributed by atoms with Gasteiger partial charge in [0.15, 0.2) is 5.13 Å². The minimum absolute atomic E-state index is 0. The molecule has 0 bridgehead atoms. The summed E-state index contributed by atoms with van der Waals surface area (Å²) in [5, 5.41) is 1.24. The number of morpholine rings is 1. The van der Waals surface area contributed by atoms with Gasteiger partial charge in [0.1, 0.15) is 0 Å². The molecule has 1 fully saturated rings. The third-order valence-electron chi connectivity index (χ3n) is 7.71. The second-order valence-electron chi connectivity index (χ2n) is 10.3. The molecule has 0 saturated carbocycles. The van der Waals surface area contributed by atoms with E-state index < -0.39 is 10.0 Å². The maximum Gasteiger partial charge on any atom is 0.264 e. The molecule has 3 heterocycles. The molecule has 0 N–H and O–H groups in total. The highest BCUT2D eigenvalue weighted by Crippen LogP contribution is 2.35. The number of thiazole rings is 1. The molecule has 2 aliphatic heterocycles. The number of ether oxygens (including phenoxy) is 1. The standard InChI is InChI=1S/C30H31ClN4O4S2.ClH/c1-21-25(31)11-12-27-28(21)32-30(40-27)34(15-4-14-33-17-19-39-20-18-33)29(36)23-7-9-24(10-8-23)41(37,38)35-16-13-22-5-2-3-6-26(22)35;/h2-3,5-12H,4,13-20H2,1H3;1H. The van der Waals surface area contributed by atoms with E-state index in [0.717, 1.165) is 60.6 Å². The molecule has 1 aromatic heterocycles. The number of aromatic nitrogens is 1. The second kappa shape index (κ2) is 12.9. The number of aryl methyl sites for hydroxylation is 1. The van der Waals surface area contributed by atoms with Crippen molar-refractivity contribution in [2.75, 3.05) is 55.1 Å². The number of fused-ring (bicyclic) bond motifs is 2. The summed E-state index contributed by atoms with van der Waals surface area (Å²) in [5.41, 5.74) is 3.81. The van der Waals surface area contributed by atoms with Crippen molar-refractivity contribution in [1.82, 2.24) is 9.88 Å². The fourth-order valence-corrected chi connectivity index (χ4v) is 8.08. The van der Waals surface area contributed by atoms with Crippen molar-refractivity contribution >= 4 is 72.3 Å². The number of carbonyl (C=O) groups excluding carboxylic acids is 1. The maximum atomic E-state index is 13.9. The number of rotatable bonds is 8. The minimum Gasteiger partial charge on any atom is -0.379 e. The number of amides is 1. The zero-order chi connectivity index (χ0) is 28.6. The van der Waals surface area contributed by atoms with Gasteiger partial charge in [-0.05, 0) is 73.4 Å². The molecule has 0 atom stereocenters. The van der Waals surface area contributed by atoms with Crippen LogP contribution in [0.3, 0.4) is 0 Å². The lowest BCUT2D eigenvalue weighted by atomic mass is 10.2. The first-order valence-corrected chi connectivity index (χ1v) is 16.3. The first-order chi connectivity index (χ1) is 19.8. The summed E-state index contributed by atoms with van der Waals surface area (Å²) in [6.45, 7) is 6.86. The Hall–Kier alpha value is -2.73. The monoisotopic (exact) mass is 646 g/mol. The summed E-state index contributed by atoms with van der Waals surface area (Å²) < 4.78 is 34.8. The molecule has 8 nitrogen and oxygen atoms in total. The van der Waals surface area contributed by atoms with Crippen LogP contribution in [0.25, 0.3) is 10.2 Å². The number of sulfonamides is 1. The molecule has 1 amide bonds. The first-order valence-electron chi connectivity index (χ1n) is 13.7. The van der Waals surface area contributed by atoms with Crippen LogP contribution in [-0.4, -0.2) is 70.1 Å². The molecule has 0 spiro atoms. The van der Waals surface area contributed by atoms with Gasteiger partial charge in [-0.3, -0.25) is 18.9 Å². The molecule has 0 aliphatic carbocycles. The van der Waals surface area contributed by atoms with Crippen LogP contribution in [0.2, 0.25) is 5.02 Å². The molecule has 42 heavy (non-hydrogen) atoms. The molecular weight excluding hydrogens is 615 g/mol. The highest BCUT2D eigenvalue weighted by Gasteiger charge is 2.31. The smallest absolute Gasteiger partial charge is 0.264 e. The fraction of sp³-hybridized carbons (Fsp3) is 0.333. The van der Waals surface area contributed by atoms with Gasteiger partial charge in [-0.2, -0.15) is 0 Å². The van der Waals surface area contributed by atoms with Crippen LogP contribution in [-0.2, 0) is 21.2 Å². The Morgan fingerprint density at radius 2 is 1.79 bits per heavy atom. The summed E-state index contributed by atoms with van der Waals surface area (Å²) in [6.07, 6.45) is 1.44. The van der Waals surface area contributed by atoms with Crippen molar-refractivity contribution in [1.29, 1.82) is 0 Å². The lowest BCUT2D eigenvalue weighted by Crippen LogP contribution is -2.39. The quantitative estimate of drug-likeness (QED) is 0.241. The largest absolute Gasteiger partial charge is 0.379 e. The molecule has 2 aliphatic rings. The Morgan fingerprint density at radius 3 is 2.55 bits per heavy atom. The summed E-state index contributed by atoms with van der Waals surface area (Å²) in [5.74, 6) is -0.217. The van der Waals surface area contributed by atoms with E-state index in [-0.39, 0.29) is 23.2 Å². The van der Waals surface area contributed by atoms with Crippen molar-refractivity contribution in [3.05, 3.63) is 82.4 Å². The van der Waals surface area contributed by atoms with Crippen molar-refractivity contribution in [2.45, 2.75) is 24.7 Å². The van der Waals surface area contributed by atoms with E-state index >= 15 is 0 Å². The SMILES string of the molecule is Cc1c(Cl)ccc2sc(N(CCCN3CCOCC3)C(=O)c3ccc(S(=O)(=O)N4CCc5ccccc54)cc3)nc12.Cl. The van der Waals surface area contributed by atoms with Crippen LogP contribution in [0.5, 0.6) is 0 Å². The predicted octanol–water partition coefficient (Wildman–Crippen LogP) is 5.80. The van der Waals surface area contributed by atoms with Crippen molar-refractivity contribution in [3.63, 3.8) is 0 Å². The van der Waals surface area contributed by atoms with Gasteiger partial charge in [0.05, 0.1) is 34.0 Å². The van der Waals surface area contributed by atoms with Crippen LogP contribution in [0.1, 0.15) is 27.9 Å². The van der Waals surface area contributed by atoms with Crippen LogP contribution in [0.4, 0.5) is 10.8 Å². The van der Waals surface area contributed by atoms with E-state index in [1.165, 1.54) is 27.8 Å². The van der Waals surface area contributed by atoms with Gasteiger partial charge < -0.3 is 4.74 Å². The number of nitrogens with zero attached hydrogens (tertiary/aromatic N) is 4. The zero-order valence-electron chi connectivity index (χ0n) is 23.2. The highest BCUT2D eigenvalue weighted by atomic mass is 35.5. The number of hydrogen-bond donors (Lipinski definition) is 0. The fourth-order valence-electron chi connectivity index (χ4n) is 5.38. The average molecular weight is 648 g/mol. The van der Waals surface area contributed by atoms with Crippen LogP contribution < -0.4 is 9.21 Å². The molecule has 4 aromatic rings. The van der Waals surface area contributed by atoms with E-state index in [9.17, 15) is 13.2 Å². The van der Waals surface area contributed by atoms with Gasteiger partial charge in [-0.25, -0.2) is 13.4 Å². The minimum atomic E-state index is -3.75. The van der Waals surface area contributed by atoms with Crippen LogP contribution in [0.15, 0.2) is 65.6 Å². The van der Waals surface area contributed by atoms with E-state index in [4.69, 9.17) is 21.3 Å². The van der Waals surface area contributed by atoms with Gasteiger partial charge in [0, 0.05) is 43.3 Å². The van der Waals surface area contributed by atoms with E-state index in [0.29, 0.717) is 40.9 Å². The van der Waals surface area contributed by atoms with Crippen LogP contribution >= 0.6 is 35.3 Å². The van der Waals surface area contributed by atoms with Crippen molar-refractivity contribution < 1.29 is 17.9 Å². The Kier molecular flexibility index (Phi) is 9.41. The van der Waals surface area contributed by atoms with Gasteiger partial charge in [0.2, 0.25) is 0 Å². The van der Waals surface area contributed by atoms with Gasteiger partial charge in [-0.15, -0.1) is 12.4 Å². The second-order valence-corrected chi connectivity index (χ2v) is 13.5. The third kappa shape index (κ3) is 6.02. The molecule has 12 heteroatoms. The van der Waals surface area contributed by atoms with Gasteiger partial charge in [-0.1, -0.05) is 41.1 Å². The summed E-state index contributed by atoms with van der Waals surface area (Å²) >= 11 is 7.80. The van der Waals surface area contributed by atoms with Crippen molar-refractivity contribution in [2.24, 2.45) is 0 Å². The number of hydrogen-bond acceptors (Lipinski definition) is 7. The number of benzene rings is 3. The Labute approximate surface area is 261 Å². The van der Waals surface area contributed by atoms with Crippen molar-refractivity contribution in [3.8, 4) is 0 Å². The Balaban J connectivity index is 0.00000353. The normalized spacial score (nSPS) is 15.4. The summed E-state index contributed by atoms with van der Waals surface area (Å²) in [4.78, 5) is 22.9. The summed E-state index contributed by atoms with van der Waals surface area (Å²) in [7, 11) is -3.75. The first kappa shape index (κ1) is 30.7. The molecule has 0 radical (unpaired) electrons.